The van der Waals surface area contributed by atoms with Crippen molar-refractivity contribution in [3.63, 3.8) is 0 Å². The molecule has 0 spiro atoms. The highest BCUT2D eigenvalue weighted by atomic mass is 32.1. The van der Waals surface area contributed by atoms with Crippen LogP contribution in [0.2, 0.25) is 0 Å². The van der Waals surface area contributed by atoms with Crippen LogP contribution >= 0.6 is 12.2 Å². The van der Waals surface area contributed by atoms with Crippen molar-refractivity contribution in [3.8, 4) is 0 Å². The molecule has 0 bridgehead atoms. The van der Waals surface area contributed by atoms with Crippen molar-refractivity contribution in [2.24, 2.45) is 5.73 Å². The van der Waals surface area contributed by atoms with E-state index in [1.807, 2.05) is 0 Å². The first kappa shape index (κ1) is 13.2. The lowest BCUT2D eigenvalue weighted by molar-refractivity contribution is 0.941. The van der Waals surface area contributed by atoms with Crippen molar-refractivity contribution in [2.75, 3.05) is 6.54 Å². The van der Waals surface area contributed by atoms with Crippen LogP contribution in [-0.2, 0) is 0 Å². The maximum absolute atomic E-state index is 5.30. The average Bonchev–Trinajstić information content (AvgIpc) is 2.02. The molecule has 0 aromatic carbocycles. The minimum Gasteiger partial charge on any atom is -0.376 e. The first-order valence-electron chi connectivity index (χ1n) is 4.84. The first-order valence-corrected chi connectivity index (χ1v) is 5.25. The van der Waals surface area contributed by atoms with Gasteiger partial charge in [0, 0.05) is 6.54 Å². The lowest BCUT2D eigenvalue weighted by Crippen LogP contribution is -2.28. The summed E-state index contributed by atoms with van der Waals surface area (Å²) in [4.78, 5) is 0. The van der Waals surface area contributed by atoms with E-state index in [0.29, 0.717) is 5.11 Å². The third-order valence-corrected chi connectivity index (χ3v) is 1.96. The second kappa shape index (κ2) is 7.56. The zero-order valence-corrected chi connectivity index (χ0v) is 10.1. The number of allylic oxidation sites excluding steroid dienone is 3. The van der Waals surface area contributed by atoms with E-state index in [0.717, 1.165) is 19.4 Å². The Morgan fingerprint density at radius 2 is 1.93 bits per heavy atom. The third kappa shape index (κ3) is 9.26. The molecule has 0 aliphatic heterocycles. The van der Waals surface area contributed by atoms with Gasteiger partial charge in [-0.25, -0.2) is 0 Å². The van der Waals surface area contributed by atoms with Crippen LogP contribution in [0.1, 0.15) is 33.6 Å². The molecule has 3 heteroatoms. The minimum absolute atomic E-state index is 0.360. The van der Waals surface area contributed by atoms with Gasteiger partial charge in [-0.2, -0.15) is 0 Å². The Bertz CT molecular complexity index is 238. The van der Waals surface area contributed by atoms with Gasteiger partial charge in [-0.15, -0.1) is 0 Å². The Morgan fingerprint density at radius 1 is 1.29 bits per heavy atom. The zero-order chi connectivity index (χ0) is 11.0. The predicted octanol–water partition coefficient (Wildman–Crippen LogP) is 2.51. The summed E-state index contributed by atoms with van der Waals surface area (Å²) >= 11 is 4.70. The van der Waals surface area contributed by atoms with Crippen molar-refractivity contribution in [2.45, 2.75) is 33.6 Å². The fraction of sp³-hybridized carbons (Fsp3) is 0.545. The SMILES string of the molecule is CC(C)=CCC/C(C)=C/CNC(N)=S. The van der Waals surface area contributed by atoms with Crippen LogP contribution < -0.4 is 11.1 Å². The summed E-state index contributed by atoms with van der Waals surface area (Å²) in [6.45, 7) is 7.09. The number of nitrogens with two attached hydrogens (primary N) is 1. The first-order chi connectivity index (χ1) is 6.52. The number of rotatable bonds is 5. The van der Waals surface area contributed by atoms with E-state index in [1.165, 1.54) is 11.1 Å². The van der Waals surface area contributed by atoms with E-state index < -0.39 is 0 Å². The molecule has 0 amide bonds. The van der Waals surface area contributed by atoms with Gasteiger partial charge in [0.05, 0.1) is 0 Å². The Balaban J connectivity index is 3.67. The molecule has 0 heterocycles. The van der Waals surface area contributed by atoms with E-state index in [2.05, 4.69) is 38.2 Å². The molecule has 0 rings (SSSR count). The molecule has 80 valence electrons. The Morgan fingerprint density at radius 3 is 2.43 bits per heavy atom. The molecule has 0 saturated carbocycles. The summed E-state index contributed by atoms with van der Waals surface area (Å²) in [5.74, 6) is 0. The molecule has 0 aliphatic carbocycles. The molecule has 0 aromatic rings. The maximum atomic E-state index is 5.30. The van der Waals surface area contributed by atoms with Crippen LogP contribution in [0.3, 0.4) is 0 Å². The summed E-state index contributed by atoms with van der Waals surface area (Å²) in [6.07, 6.45) is 6.58. The predicted molar refractivity (Wildman–Crippen MR) is 67.2 cm³/mol. The largest absolute Gasteiger partial charge is 0.376 e. The summed E-state index contributed by atoms with van der Waals surface area (Å²) in [5, 5.41) is 3.25. The molecule has 14 heavy (non-hydrogen) atoms. The Labute approximate surface area is 92.3 Å². The topological polar surface area (TPSA) is 38.0 Å². The van der Waals surface area contributed by atoms with Gasteiger partial charge in [-0.1, -0.05) is 23.3 Å². The van der Waals surface area contributed by atoms with Crippen LogP contribution in [0, 0.1) is 0 Å². The smallest absolute Gasteiger partial charge is 0.163 e. The van der Waals surface area contributed by atoms with E-state index in [4.69, 9.17) is 18.0 Å². The molecule has 0 unspecified atom stereocenters. The van der Waals surface area contributed by atoms with Gasteiger partial charge >= 0.3 is 0 Å². The molecule has 0 aromatic heterocycles. The quantitative estimate of drug-likeness (QED) is 0.543. The van der Waals surface area contributed by atoms with Gasteiger partial charge < -0.3 is 11.1 Å². The summed E-state index contributed by atoms with van der Waals surface area (Å²) in [5.41, 5.74) is 8.04. The summed E-state index contributed by atoms with van der Waals surface area (Å²) < 4.78 is 0. The number of hydrogen-bond donors (Lipinski definition) is 2. The average molecular weight is 212 g/mol. The second-order valence-electron chi connectivity index (χ2n) is 3.62. The van der Waals surface area contributed by atoms with Gasteiger partial charge in [0.15, 0.2) is 5.11 Å². The number of thiocarbonyl (C=S) groups is 1. The van der Waals surface area contributed by atoms with Gasteiger partial charge in [-0.05, 0) is 45.8 Å². The standard InChI is InChI=1S/C11H20N2S/c1-9(2)5-4-6-10(3)7-8-13-11(12)14/h5,7H,4,6,8H2,1-3H3,(H3,12,13,14)/b10-7+. The highest BCUT2D eigenvalue weighted by Gasteiger charge is 1.89. The minimum atomic E-state index is 0.360. The highest BCUT2D eigenvalue weighted by molar-refractivity contribution is 7.80. The van der Waals surface area contributed by atoms with Gasteiger partial charge in [0.1, 0.15) is 0 Å². The van der Waals surface area contributed by atoms with Crippen molar-refractivity contribution in [1.82, 2.24) is 5.32 Å². The molecule has 3 N–H and O–H groups in total. The molecule has 0 saturated heterocycles. The van der Waals surface area contributed by atoms with Crippen LogP contribution in [0.5, 0.6) is 0 Å². The molecule has 0 aliphatic rings. The van der Waals surface area contributed by atoms with E-state index in [9.17, 15) is 0 Å². The number of hydrogen-bond acceptors (Lipinski definition) is 1. The summed E-state index contributed by atoms with van der Waals surface area (Å²) in [7, 11) is 0. The van der Waals surface area contributed by atoms with Crippen molar-refractivity contribution >= 4 is 17.3 Å². The van der Waals surface area contributed by atoms with Crippen LogP contribution in [0.4, 0.5) is 0 Å². The van der Waals surface area contributed by atoms with Gasteiger partial charge in [0.25, 0.3) is 0 Å². The van der Waals surface area contributed by atoms with Crippen molar-refractivity contribution < 1.29 is 0 Å². The molecular formula is C11H20N2S. The van der Waals surface area contributed by atoms with E-state index in [1.54, 1.807) is 0 Å². The van der Waals surface area contributed by atoms with E-state index >= 15 is 0 Å². The zero-order valence-electron chi connectivity index (χ0n) is 9.26. The normalized spacial score (nSPS) is 10.9. The van der Waals surface area contributed by atoms with Crippen LogP contribution in [-0.4, -0.2) is 11.7 Å². The Kier molecular flexibility index (Phi) is 7.11. The second-order valence-corrected chi connectivity index (χ2v) is 4.06. The lowest BCUT2D eigenvalue weighted by Gasteiger charge is -2.01. The molecule has 0 radical (unpaired) electrons. The third-order valence-electron chi connectivity index (χ3n) is 1.82. The van der Waals surface area contributed by atoms with Crippen LogP contribution in [0.15, 0.2) is 23.3 Å². The molecular weight excluding hydrogens is 192 g/mol. The highest BCUT2D eigenvalue weighted by Crippen LogP contribution is 2.05. The molecule has 0 fully saturated rings. The lowest BCUT2D eigenvalue weighted by atomic mass is 10.1. The maximum Gasteiger partial charge on any atom is 0.163 e. The fourth-order valence-corrected chi connectivity index (χ4v) is 1.10. The van der Waals surface area contributed by atoms with E-state index in [-0.39, 0.29) is 0 Å². The van der Waals surface area contributed by atoms with Gasteiger partial charge in [-0.3, -0.25) is 0 Å². The van der Waals surface area contributed by atoms with Crippen LogP contribution in [0.25, 0.3) is 0 Å². The fourth-order valence-electron chi connectivity index (χ4n) is 1.02. The van der Waals surface area contributed by atoms with Crippen molar-refractivity contribution in [3.05, 3.63) is 23.3 Å². The van der Waals surface area contributed by atoms with Gasteiger partial charge in [0.2, 0.25) is 0 Å². The van der Waals surface area contributed by atoms with Crippen molar-refractivity contribution in [1.29, 1.82) is 0 Å². The summed E-state index contributed by atoms with van der Waals surface area (Å²) in [6, 6.07) is 0. The number of nitrogens with one attached hydrogen (secondary N) is 1. The molecule has 2 nitrogen and oxygen atoms in total. The Hall–Kier alpha value is -0.830. The monoisotopic (exact) mass is 212 g/mol. The molecule has 0 atom stereocenters.